The zero-order valence-electron chi connectivity index (χ0n) is 7.53. The molecule has 0 aliphatic carbocycles. The van der Waals surface area contributed by atoms with E-state index < -0.39 is 11.2 Å². The van der Waals surface area contributed by atoms with Crippen LogP contribution in [0.2, 0.25) is 5.02 Å². The fourth-order valence-electron chi connectivity index (χ4n) is 0.868. The van der Waals surface area contributed by atoms with Crippen LogP contribution in [0, 0.1) is 0 Å². The van der Waals surface area contributed by atoms with E-state index in [1.54, 1.807) is 25.1 Å². The van der Waals surface area contributed by atoms with Crippen molar-refractivity contribution >= 4 is 35.0 Å². The number of nitrogens with two attached hydrogens (primary N) is 1. The van der Waals surface area contributed by atoms with Gasteiger partial charge in [-0.1, -0.05) is 11.6 Å². The third-order valence-corrected chi connectivity index (χ3v) is 3.04. The van der Waals surface area contributed by atoms with Crippen LogP contribution >= 0.6 is 23.4 Å². The number of thioether (sulfide) groups is 1. The molecule has 0 bridgehead atoms. The highest BCUT2D eigenvalue weighted by atomic mass is 35.5. The molecule has 1 unspecified atom stereocenters. The van der Waals surface area contributed by atoms with Gasteiger partial charge in [-0.05, 0) is 25.1 Å². The maximum Gasteiger partial charge on any atom is 0.316 e. The van der Waals surface area contributed by atoms with Gasteiger partial charge in [0.05, 0.1) is 0 Å². The van der Waals surface area contributed by atoms with Crippen molar-refractivity contribution in [3.05, 3.63) is 23.2 Å². The number of aliphatic carboxylic acids is 1. The molecule has 1 rings (SSSR count). The van der Waals surface area contributed by atoms with E-state index in [0.717, 1.165) is 4.90 Å². The van der Waals surface area contributed by atoms with Gasteiger partial charge < -0.3 is 10.8 Å². The molecular formula is C9H10ClNO2S. The van der Waals surface area contributed by atoms with Crippen molar-refractivity contribution in [3.8, 4) is 0 Å². The average molecular weight is 232 g/mol. The minimum absolute atomic E-state index is 0.510. The molecule has 0 heterocycles. The Balaban J connectivity index is 2.82. The zero-order valence-corrected chi connectivity index (χ0v) is 9.10. The number of carboxylic acids is 1. The SMILES string of the molecule is CC(Sc1ccc(Cl)cc1N)C(=O)O. The van der Waals surface area contributed by atoms with Crippen molar-refractivity contribution in [2.75, 3.05) is 5.73 Å². The summed E-state index contributed by atoms with van der Waals surface area (Å²) < 4.78 is 0. The standard InChI is InChI=1S/C9H10ClNO2S/c1-5(9(12)13)14-8-3-2-6(10)4-7(8)11/h2-5H,11H2,1H3,(H,12,13). The van der Waals surface area contributed by atoms with Crippen molar-refractivity contribution in [1.29, 1.82) is 0 Å². The van der Waals surface area contributed by atoms with Crippen LogP contribution in [0.4, 0.5) is 5.69 Å². The molecule has 0 saturated heterocycles. The van der Waals surface area contributed by atoms with E-state index in [4.69, 9.17) is 22.4 Å². The topological polar surface area (TPSA) is 63.3 Å². The van der Waals surface area contributed by atoms with Gasteiger partial charge in [-0.2, -0.15) is 0 Å². The van der Waals surface area contributed by atoms with Crippen molar-refractivity contribution in [3.63, 3.8) is 0 Å². The third kappa shape index (κ3) is 2.82. The predicted octanol–water partition coefficient (Wildman–Crippen LogP) is 2.49. The summed E-state index contributed by atoms with van der Waals surface area (Å²) in [6.07, 6.45) is 0. The molecule has 0 aliphatic rings. The molecule has 0 spiro atoms. The molecule has 0 amide bonds. The smallest absolute Gasteiger partial charge is 0.316 e. The summed E-state index contributed by atoms with van der Waals surface area (Å²) in [5.41, 5.74) is 6.18. The quantitative estimate of drug-likeness (QED) is 0.620. The monoisotopic (exact) mass is 231 g/mol. The summed E-state index contributed by atoms with van der Waals surface area (Å²) in [7, 11) is 0. The minimum atomic E-state index is -0.857. The number of carboxylic acid groups (broad SMARTS) is 1. The van der Waals surface area contributed by atoms with Crippen LogP contribution in [0.3, 0.4) is 0 Å². The van der Waals surface area contributed by atoms with Crippen LogP contribution in [-0.4, -0.2) is 16.3 Å². The second kappa shape index (κ2) is 4.57. The Hall–Kier alpha value is -0.870. The van der Waals surface area contributed by atoms with E-state index in [1.165, 1.54) is 11.8 Å². The molecule has 76 valence electrons. The molecule has 1 atom stereocenters. The Morgan fingerprint density at radius 2 is 2.29 bits per heavy atom. The summed E-state index contributed by atoms with van der Waals surface area (Å²) in [6, 6.07) is 5.02. The lowest BCUT2D eigenvalue weighted by Crippen LogP contribution is -2.11. The van der Waals surface area contributed by atoms with E-state index in [2.05, 4.69) is 0 Å². The molecule has 14 heavy (non-hydrogen) atoms. The molecule has 0 aliphatic heterocycles. The van der Waals surface area contributed by atoms with Crippen molar-refractivity contribution in [2.24, 2.45) is 0 Å². The van der Waals surface area contributed by atoms with Crippen molar-refractivity contribution < 1.29 is 9.90 Å². The predicted molar refractivity (Wildman–Crippen MR) is 58.8 cm³/mol. The molecule has 3 nitrogen and oxygen atoms in total. The summed E-state index contributed by atoms with van der Waals surface area (Å²) in [5, 5.41) is 8.74. The second-order valence-corrected chi connectivity index (χ2v) is 4.60. The van der Waals surface area contributed by atoms with Gasteiger partial charge in [-0.15, -0.1) is 11.8 Å². The summed E-state index contributed by atoms with van der Waals surface area (Å²) in [6.45, 7) is 1.61. The lowest BCUT2D eigenvalue weighted by Gasteiger charge is -2.08. The number of rotatable bonds is 3. The maximum absolute atomic E-state index is 10.6. The molecule has 1 aromatic carbocycles. The lowest BCUT2D eigenvalue weighted by atomic mass is 10.3. The Bertz CT molecular complexity index is 357. The molecular weight excluding hydrogens is 222 g/mol. The van der Waals surface area contributed by atoms with Gasteiger partial charge in [0.1, 0.15) is 5.25 Å². The summed E-state index contributed by atoms with van der Waals surface area (Å²) >= 11 is 6.91. The number of nitrogen functional groups attached to an aromatic ring is 1. The van der Waals surface area contributed by atoms with Crippen LogP contribution in [-0.2, 0) is 4.79 Å². The van der Waals surface area contributed by atoms with Gasteiger partial charge in [-0.25, -0.2) is 0 Å². The Labute approximate surface area is 91.2 Å². The highest BCUT2D eigenvalue weighted by Crippen LogP contribution is 2.30. The normalized spacial score (nSPS) is 12.4. The van der Waals surface area contributed by atoms with Crippen LogP contribution < -0.4 is 5.73 Å². The minimum Gasteiger partial charge on any atom is -0.480 e. The number of hydrogen-bond donors (Lipinski definition) is 2. The maximum atomic E-state index is 10.6. The first-order chi connectivity index (χ1) is 6.50. The molecule has 1 aromatic rings. The number of hydrogen-bond acceptors (Lipinski definition) is 3. The number of carbonyl (C=O) groups is 1. The fraction of sp³-hybridized carbons (Fsp3) is 0.222. The number of halogens is 1. The molecule has 3 N–H and O–H groups in total. The van der Waals surface area contributed by atoms with E-state index in [1.807, 2.05) is 0 Å². The first-order valence-corrected chi connectivity index (χ1v) is 5.21. The van der Waals surface area contributed by atoms with Crippen LogP contribution in [0.1, 0.15) is 6.92 Å². The number of benzene rings is 1. The molecule has 0 saturated carbocycles. The van der Waals surface area contributed by atoms with Crippen LogP contribution in [0.25, 0.3) is 0 Å². The molecule has 0 fully saturated rings. The average Bonchev–Trinajstić information content (AvgIpc) is 2.09. The Morgan fingerprint density at radius 1 is 1.64 bits per heavy atom. The third-order valence-electron chi connectivity index (χ3n) is 1.62. The first kappa shape index (κ1) is 11.2. The largest absolute Gasteiger partial charge is 0.480 e. The van der Waals surface area contributed by atoms with Gasteiger partial charge in [0, 0.05) is 15.6 Å². The van der Waals surface area contributed by atoms with Gasteiger partial charge in [-0.3, -0.25) is 4.79 Å². The summed E-state index contributed by atoms with van der Waals surface area (Å²) in [5.74, 6) is -0.857. The van der Waals surface area contributed by atoms with Crippen LogP contribution in [0.15, 0.2) is 23.1 Å². The van der Waals surface area contributed by atoms with Gasteiger partial charge in [0.2, 0.25) is 0 Å². The van der Waals surface area contributed by atoms with Crippen molar-refractivity contribution in [2.45, 2.75) is 17.1 Å². The van der Waals surface area contributed by atoms with E-state index in [-0.39, 0.29) is 0 Å². The molecule has 0 radical (unpaired) electrons. The summed E-state index contributed by atoms with van der Waals surface area (Å²) in [4.78, 5) is 11.3. The van der Waals surface area contributed by atoms with Gasteiger partial charge >= 0.3 is 5.97 Å². The highest BCUT2D eigenvalue weighted by Gasteiger charge is 2.13. The second-order valence-electron chi connectivity index (χ2n) is 2.78. The Morgan fingerprint density at radius 3 is 2.79 bits per heavy atom. The van der Waals surface area contributed by atoms with Gasteiger partial charge in [0.25, 0.3) is 0 Å². The zero-order chi connectivity index (χ0) is 10.7. The molecule has 0 aromatic heterocycles. The van der Waals surface area contributed by atoms with Gasteiger partial charge in [0.15, 0.2) is 0 Å². The van der Waals surface area contributed by atoms with E-state index >= 15 is 0 Å². The fourth-order valence-corrected chi connectivity index (χ4v) is 1.87. The van der Waals surface area contributed by atoms with Crippen molar-refractivity contribution in [1.82, 2.24) is 0 Å². The first-order valence-electron chi connectivity index (χ1n) is 3.95. The highest BCUT2D eigenvalue weighted by molar-refractivity contribution is 8.00. The van der Waals surface area contributed by atoms with Crippen LogP contribution in [0.5, 0.6) is 0 Å². The number of anilines is 1. The molecule has 5 heteroatoms. The van der Waals surface area contributed by atoms with E-state index in [0.29, 0.717) is 10.7 Å². The van der Waals surface area contributed by atoms with E-state index in [9.17, 15) is 4.79 Å². The Kier molecular flexibility index (Phi) is 3.66. The lowest BCUT2D eigenvalue weighted by molar-refractivity contribution is -0.136.